The molecular weight excluding hydrogens is 314 g/mol. The van der Waals surface area contributed by atoms with Gasteiger partial charge in [-0.25, -0.2) is 0 Å². The van der Waals surface area contributed by atoms with Gasteiger partial charge in [0.1, 0.15) is 5.84 Å². The lowest BCUT2D eigenvalue weighted by molar-refractivity contribution is 0.741. The molecule has 24 heavy (non-hydrogen) atoms. The third kappa shape index (κ3) is 3.15. The Kier molecular flexibility index (Phi) is 4.47. The molecule has 3 nitrogen and oxygen atoms in total. The maximum absolute atomic E-state index is 4.65. The van der Waals surface area contributed by atoms with Crippen LogP contribution in [0.3, 0.4) is 0 Å². The van der Waals surface area contributed by atoms with Crippen LogP contribution in [-0.2, 0) is 5.75 Å². The van der Waals surface area contributed by atoms with E-state index in [1.807, 2.05) is 24.0 Å². The molecule has 1 aliphatic heterocycles. The van der Waals surface area contributed by atoms with Crippen LogP contribution < -0.4 is 5.32 Å². The minimum atomic E-state index is 0.913. The number of nitrogens with zero attached hydrogens (tertiary/aromatic N) is 2. The van der Waals surface area contributed by atoms with Gasteiger partial charge in [0.05, 0.1) is 5.52 Å². The Morgan fingerprint density at radius 3 is 2.79 bits per heavy atom. The van der Waals surface area contributed by atoms with E-state index in [2.05, 4.69) is 63.8 Å². The molecule has 0 radical (unpaired) electrons. The van der Waals surface area contributed by atoms with Gasteiger partial charge in [0.15, 0.2) is 0 Å². The summed E-state index contributed by atoms with van der Waals surface area (Å²) in [6, 6.07) is 19.0. The number of thioether (sulfide) groups is 1. The largest absolute Gasteiger partial charge is 0.370 e. The van der Waals surface area contributed by atoms with Gasteiger partial charge in [0.25, 0.3) is 0 Å². The number of hydrogen-bond acceptors (Lipinski definition) is 4. The molecule has 1 aromatic heterocycles. The summed E-state index contributed by atoms with van der Waals surface area (Å²) in [5, 5.41) is 4.66. The first-order chi connectivity index (χ1) is 11.9. The molecule has 1 aliphatic rings. The summed E-state index contributed by atoms with van der Waals surface area (Å²) < 4.78 is 0. The Hall–Kier alpha value is -2.33. The molecule has 0 aliphatic carbocycles. The molecule has 2 aromatic carbocycles. The zero-order valence-electron chi connectivity index (χ0n) is 13.4. The van der Waals surface area contributed by atoms with Crippen LogP contribution in [0.4, 0.5) is 0 Å². The topological polar surface area (TPSA) is 37.3 Å². The van der Waals surface area contributed by atoms with Gasteiger partial charge in [-0.1, -0.05) is 36.4 Å². The van der Waals surface area contributed by atoms with Crippen LogP contribution in [0.25, 0.3) is 10.9 Å². The zero-order valence-corrected chi connectivity index (χ0v) is 14.2. The standard InChI is InChI=1S/C20H19N3S/c1-3-8-18-16(6-1)15(10-13-21-18)14-24-19-9-4-2-7-17(19)20-22-11-5-12-23-20/h1-4,6-10,13H,5,11-12,14H2,(H,22,23). The first kappa shape index (κ1) is 15.2. The van der Waals surface area contributed by atoms with Crippen molar-refractivity contribution >= 4 is 28.5 Å². The summed E-state index contributed by atoms with van der Waals surface area (Å²) in [7, 11) is 0. The van der Waals surface area contributed by atoms with Crippen molar-refractivity contribution in [3.8, 4) is 0 Å². The van der Waals surface area contributed by atoms with Crippen molar-refractivity contribution in [3.05, 3.63) is 71.9 Å². The van der Waals surface area contributed by atoms with Crippen LogP contribution in [0.1, 0.15) is 17.5 Å². The Morgan fingerprint density at radius 2 is 1.88 bits per heavy atom. The second-order valence-electron chi connectivity index (χ2n) is 5.78. The Labute approximate surface area is 146 Å². The number of aliphatic imine (C=N–C) groups is 1. The second kappa shape index (κ2) is 7.05. The lowest BCUT2D eigenvalue weighted by Crippen LogP contribution is -2.30. The number of aromatic nitrogens is 1. The van der Waals surface area contributed by atoms with E-state index in [1.54, 1.807) is 0 Å². The van der Waals surface area contributed by atoms with E-state index in [0.717, 1.165) is 36.6 Å². The van der Waals surface area contributed by atoms with Gasteiger partial charge in [0, 0.05) is 40.9 Å². The third-order valence-corrected chi connectivity index (χ3v) is 5.28. The fourth-order valence-corrected chi connectivity index (χ4v) is 4.00. The number of amidine groups is 1. The molecule has 0 saturated heterocycles. The monoisotopic (exact) mass is 333 g/mol. The molecule has 4 heteroatoms. The highest BCUT2D eigenvalue weighted by Gasteiger charge is 2.12. The van der Waals surface area contributed by atoms with Gasteiger partial charge in [-0.2, -0.15) is 0 Å². The SMILES string of the molecule is c1ccc(C2=NCCCN2)c(SCc2ccnc3ccccc23)c1. The van der Waals surface area contributed by atoms with Gasteiger partial charge in [-0.3, -0.25) is 9.98 Å². The number of nitrogens with one attached hydrogen (secondary N) is 1. The quantitative estimate of drug-likeness (QED) is 0.725. The third-order valence-electron chi connectivity index (χ3n) is 4.16. The highest BCUT2D eigenvalue weighted by atomic mass is 32.2. The highest BCUT2D eigenvalue weighted by Crippen LogP contribution is 2.29. The van der Waals surface area contributed by atoms with Gasteiger partial charge < -0.3 is 5.32 Å². The molecule has 0 amide bonds. The molecule has 3 aromatic rings. The van der Waals surface area contributed by atoms with Gasteiger partial charge >= 0.3 is 0 Å². The van der Waals surface area contributed by atoms with Crippen molar-refractivity contribution in [2.75, 3.05) is 13.1 Å². The van der Waals surface area contributed by atoms with Crippen molar-refractivity contribution in [2.45, 2.75) is 17.1 Å². The number of rotatable bonds is 4. The van der Waals surface area contributed by atoms with E-state index in [0.29, 0.717) is 0 Å². The fourth-order valence-electron chi connectivity index (χ4n) is 2.94. The van der Waals surface area contributed by atoms with Crippen LogP contribution >= 0.6 is 11.8 Å². The van der Waals surface area contributed by atoms with E-state index < -0.39 is 0 Å². The first-order valence-corrected chi connectivity index (χ1v) is 9.23. The molecule has 0 saturated carbocycles. The Bertz CT molecular complexity index is 883. The number of benzene rings is 2. The highest BCUT2D eigenvalue weighted by molar-refractivity contribution is 7.98. The molecule has 2 heterocycles. The van der Waals surface area contributed by atoms with Crippen molar-refractivity contribution in [1.29, 1.82) is 0 Å². The lowest BCUT2D eigenvalue weighted by Gasteiger charge is -2.17. The maximum atomic E-state index is 4.65. The average molecular weight is 333 g/mol. The summed E-state index contributed by atoms with van der Waals surface area (Å²) >= 11 is 1.86. The van der Waals surface area contributed by atoms with Gasteiger partial charge in [-0.15, -0.1) is 11.8 Å². The van der Waals surface area contributed by atoms with Crippen molar-refractivity contribution in [2.24, 2.45) is 4.99 Å². The van der Waals surface area contributed by atoms with E-state index in [1.165, 1.54) is 21.4 Å². The molecule has 0 spiro atoms. The van der Waals surface area contributed by atoms with Gasteiger partial charge in [-0.05, 0) is 30.2 Å². The van der Waals surface area contributed by atoms with E-state index in [9.17, 15) is 0 Å². The van der Waals surface area contributed by atoms with Gasteiger partial charge in [0.2, 0.25) is 0 Å². The molecule has 0 bridgehead atoms. The molecule has 120 valence electrons. The number of pyridine rings is 1. The normalized spacial score (nSPS) is 14.2. The molecule has 4 rings (SSSR count). The summed E-state index contributed by atoms with van der Waals surface area (Å²) in [5.41, 5.74) is 3.58. The summed E-state index contributed by atoms with van der Waals surface area (Å²) in [6.07, 6.45) is 3.01. The number of fused-ring (bicyclic) bond motifs is 1. The zero-order chi connectivity index (χ0) is 16.2. The van der Waals surface area contributed by atoms with Crippen LogP contribution in [-0.4, -0.2) is 23.9 Å². The molecule has 1 N–H and O–H groups in total. The molecule has 0 unspecified atom stereocenters. The summed E-state index contributed by atoms with van der Waals surface area (Å²) in [4.78, 5) is 10.4. The lowest BCUT2D eigenvalue weighted by atomic mass is 10.1. The Balaban J connectivity index is 1.61. The van der Waals surface area contributed by atoms with Crippen molar-refractivity contribution in [1.82, 2.24) is 10.3 Å². The van der Waals surface area contributed by atoms with Crippen molar-refractivity contribution < 1.29 is 0 Å². The second-order valence-corrected chi connectivity index (χ2v) is 6.80. The minimum Gasteiger partial charge on any atom is -0.370 e. The van der Waals surface area contributed by atoms with Crippen LogP contribution in [0, 0.1) is 0 Å². The van der Waals surface area contributed by atoms with E-state index in [4.69, 9.17) is 0 Å². The predicted molar refractivity (Wildman–Crippen MR) is 102 cm³/mol. The minimum absolute atomic E-state index is 0.913. The Morgan fingerprint density at radius 1 is 1.00 bits per heavy atom. The molecule has 0 fully saturated rings. The predicted octanol–water partition coefficient (Wildman–Crippen LogP) is 4.27. The van der Waals surface area contributed by atoms with Crippen LogP contribution in [0.15, 0.2) is 70.7 Å². The molecular formula is C20H19N3S. The van der Waals surface area contributed by atoms with Crippen molar-refractivity contribution in [3.63, 3.8) is 0 Å². The number of para-hydroxylation sites is 1. The maximum Gasteiger partial charge on any atom is 0.129 e. The summed E-state index contributed by atoms with van der Waals surface area (Å²) in [5.74, 6) is 1.96. The van der Waals surface area contributed by atoms with Crippen LogP contribution in [0.5, 0.6) is 0 Å². The van der Waals surface area contributed by atoms with E-state index >= 15 is 0 Å². The molecule has 0 atom stereocenters. The smallest absolute Gasteiger partial charge is 0.129 e. The van der Waals surface area contributed by atoms with Crippen LogP contribution in [0.2, 0.25) is 0 Å². The van der Waals surface area contributed by atoms with E-state index in [-0.39, 0.29) is 0 Å². The fraction of sp³-hybridized carbons (Fsp3) is 0.200. The summed E-state index contributed by atoms with van der Waals surface area (Å²) in [6.45, 7) is 1.92. The number of hydrogen-bond donors (Lipinski definition) is 1. The average Bonchev–Trinajstić information content (AvgIpc) is 2.67. The first-order valence-electron chi connectivity index (χ1n) is 8.25.